The summed E-state index contributed by atoms with van der Waals surface area (Å²) in [5.41, 5.74) is 0.742. The lowest BCUT2D eigenvalue weighted by molar-refractivity contribution is -0.141. The van der Waals surface area contributed by atoms with Crippen molar-refractivity contribution in [3.8, 4) is 0 Å². The van der Waals surface area contributed by atoms with E-state index in [1.54, 1.807) is 25.2 Å². The van der Waals surface area contributed by atoms with E-state index in [0.717, 1.165) is 5.56 Å². The van der Waals surface area contributed by atoms with Crippen molar-refractivity contribution >= 4 is 23.4 Å². The maximum Gasteiger partial charge on any atom is 0.308 e. The van der Waals surface area contributed by atoms with Crippen LogP contribution in [0.4, 0.5) is 5.82 Å². The van der Waals surface area contributed by atoms with Crippen LogP contribution in [-0.4, -0.2) is 33.9 Å². The van der Waals surface area contributed by atoms with Crippen LogP contribution < -0.4 is 10.5 Å². The monoisotopic (exact) mass is 333 g/mol. The molecule has 0 saturated carbocycles. The number of hydrogen-bond donors (Lipinski definition) is 1. The Morgan fingerprint density at radius 2 is 1.91 bits per heavy atom. The van der Waals surface area contributed by atoms with Crippen LogP contribution >= 0.6 is 11.6 Å². The van der Waals surface area contributed by atoms with E-state index >= 15 is 0 Å². The van der Waals surface area contributed by atoms with E-state index in [9.17, 15) is 14.7 Å². The van der Waals surface area contributed by atoms with Crippen LogP contribution in [0.5, 0.6) is 0 Å². The molecule has 0 radical (unpaired) electrons. The zero-order chi connectivity index (χ0) is 16.6. The Bertz CT molecular complexity index is 788. The van der Waals surface area contributed by atoms with Gasteiger partial charge in [-0.3, -0.25) is 9.59 Å². The molecule has 1 fully saturated rings. The first-order valence-corrected chi connectivity index (χ1v) is 7.61. The van der Waals surface area contributed by atoms with Gasteiger partial charge in [-0.15, -0.1) is 0 Å². The minimum absolute atomic E-state index is 0.149. The maximum atomic E-state index is 11.6. The molecule has 6 nitrogen and oxygen atoms in total. The van der Waals surface area contributed by atoms with Gasteiger partial charge in [-0.05, 0) is 23.8 Å². The standard InChI is InChI=1S/C16H16ClN3O3/c1-19-15(21)7-6-14(18-19)20-8-12(13(9-20)16(22)23)10-2-4-11(17)5-3-10/h2-7,12-13H,8-9H2,1H3,(H,22,23)/t12-,13+/m0/s1. The molecule has 2 aromatic rings. The lowest BCUT2D eigenvalue weighted by Crippen LogP contribution is -2.27. The molecule has 1 aromatic heterocycles. The summed E-state index contributed by atoms with van der Waals surface area (Å²) in [5.74, 6) is -0.911. The topological polar surface area (TPSA) is 75.4 Å². The third-order valence-corrected chi connectivity index (χ3v) is 4.46. The molecule has 0 amide bonds. The van der Waals surface area contributed by atoms with Gasteiger partial charge in [-0.2, -0.15) is 5.10 Å². The molecule has 2 heterocycles. The molecule has 1 aliphatic rings. The summed E-state index contributed by atoms with van der Waals surface area (Å²) in [6.45, 7) is 0.887. The number of aliphatic carboxylic acids is 1. The fourth-order valence-electron chi connectivity index (χ4n) is 2.95. The van der Waals surface area contributed by atoms with Crippen molar-refractivity contribution in [2.75, 3.05) is 18.0 Å². The van der Waals surface area contributed by atoms with Crippen molar-refractivity contribution < 1.29 is 9.90 Å². The van der Waals surface area contributed by atoms with Crippen LogP contribution in [0.15, 0.2) is 41.2 Å². The number of carbonyl (C=O) groups is 1. The summed E-state index contributed by atoms with van der Waals surface area (Å²) in [4.78, 5) is 25.0. The Labute approximate surface area is 137 Å². The summed E-state index contributed by atoms with van der Waals surface area (Å²) >= 11 is 5.90. The average Bonchev–Trinajstić information content (AvgIpc) is 2.96. The fourth-order valence-corrected chi connectivity index (χ4v) is 3.07. The Kier molecular flexibility index (Phi) is 4.09. The van der Waals surface area contributed by atoms with Crippen LogP contribution in [0, 0.1) is 5.92 Å². The van der Waals surface area contributed by atoms with Crippen molar-refractivity contribution in [1.82, 2.24) is 9.78 Å². The van der Waals surface area contributed by atoms with Crippen molar-refractivity contribution in [3.05, 3.63) is 57.3 Å². The average molecular weight is 334 g/mol. The Morgan fingerprint density at radius 1 is 1.22 bits per heavy atom. The van der Waals surface area contributed by atoms with Gasteiger partial charge in [0.2, 0.25) is 0 Å². The van der Waals surface area contributed by atoms with Crippen molar-refractivity contribution in [2.45, 2.75) is 5.92 Å². The second-order valence-electron chi connectivity index (χ2n) is 5.66. The van der Waals surface area contributed by atoms with Crippen molar-refractivity contribution in [2.24, 2.45) is 13.0 Å². The summed E-state index contributed by atoms with van der Waals surface area (Å²) in [6, 6.07) is 10.3. The number of benzene rings is 1. The third kappa shape index (κ3) is 3.07. The molecule has 1 saturated heterocycles. The lowest BCUT2D eigenvalue weighted by atomic mass is 9.89. The molecule has 1 aromatic carbocycles. The maximum absolute atomic E-state index is 11.6. The molecule has 1 aliphatic heterocycles. The second kappa shape index (κ2) is 6.04. The number of hydrogen-bond acceptors (Lipinski definition) is 4. The first-order chi connectivity index (χ1) is 11.0. The van der Waals surface area contributed by atoms with Gasteiger partial charge in [-0.1, -0.05) is 23.7 Å². The molecule has 23 heavy (non-hydrogen) atoms. The largest absolute Gasteiger partial charge is 0.481 e. The van der Waals surface area contributed by atoms with E-state index in [2.05, 4.69) is 5.10 Å². The molecular weight excluding hydrogens is 318 g/mol. The highest BCUT2D eigenvalue weighted by Gasteiger charge is 2.39. The van der Waals surface area contributed by atoms with Crippen LogP contribution in [-0.2, 0) is 11.8 Å². The van der Waals surface area contributed by atoms with Gasteiger partial charge in [0.1, 0.15) is 5.82 Å². The molecular formula is C16H16ClN3O3. The minimum atomic E-state index is -0.836. The van der Waals surface area contributed by atoms with Gasteiger partial charge in [0.25, 0.3) is 5.56 Å². The molecule has 120 valence electrons. The lowest BCUT2D eigenvalue weighted by Gasteiger charge is -2.17. The predicted octanol–water partition coefficient (Wildman–Crippen LogP) is 1.74. The van der Waals surface area contributed by atoms with E-state index < -0.39 is 11.9 Å². The van der Waals surface area contributed by atoms with E-state index in [-0.39, 0.29) is 11.5 Å². The SMILES string of the molecule is Cn1nc(N2C[C@@H](C(=O)O)[C@H](c3ccc(Cl)cc3)C2)ccc1=O. The summed E-state index contributed by atoms with van der Waals surface area (Å²) in [6.07, 6.45) is 0. The van der Waals surface area contributed by atoms with Crippen LogP contribution in [0.1, 0.15) is 11.5 Å². The normalized spacial score (nSPS) is 20.7. The van der Waals surface area contributed by atoms with Gasteiger partial charge in [0.15, 0.2) is 0 Å². The Morgan fingerprint density at radius 3 is 2.52 bits per heavy atom. The molecule has 0 bridgehead atoms. The van der Waals surface area contributed by atoms with E-state index in [1.807, 2.05) is 17.0 Å². The predicted molar refractivity (Wildman–Crippen MR) is 87.0 cm³/mol. The Hall–Kier alpha value is -2.34. The van der Waals surface area contributed by atoms with Gasteiger partial charge >= 0.3 is 5.97 Å². The summed E-state index contributed by atoms with van der Waals surface area (Å²) in [5, 5.41) is 14.4. The van der Waals surface area contributed by atoms with Gasteiger partial charge < -0.3 is 10.0 Å². The number of halogens is 1. The summed E-state index contributed by atoms with van der Waals surface area (Å²) in [7, 11) is 1.58. The van der Waals surface area contributed by atoms with E-state index in [4.69, 9.17) is 11.6 Å². The number of anilines is 1. The zero-order valence-corrected chi connectivity index (χ0v) is 13.3. The second-order valence-corrected chi connectivity index (χ2v) is 6.10. The number of rotatable bonds is 3. The number of nitrogens with zero attached hydrogens (tertiary/aromatic N) is 3. The molecule has 0 spiro atoms. The van der Waals surface area contributed by atoms with Crippen LogP contribution in [0.2, 0.25) is 5.02 Å². The quantitative estimate of drug-likeness (QED) is 0.926. The molecule has 2 atom stereocenters. The number of aryl methyl sites for hydroxylation is 1. The molecule has 3 rings (SSSR count). The zero-order valence-electron chi connectivity index (χ0n) is 12.5. The van der Waals surface area contributed by atoms with Crippen molar-refractivity contribution in [3.63, 3.8) is 0 Å². The smallest absolute Gasteiger partial charge is 0.308 e. The first-order valence-electron chi connectivity index (χ1n) is 7.23. The van der Waals surface area contributed by atoms with Crippen LogP contribution in [0.3, 0.4) is 0 Å². The van der Waals surface area contributed by atoms with Crippen molar-refractivity contribution in [1.29, 1.82) is 0 Å². The number of carboxylic acid groups (broad SMARTS) is 1. The Balaban J connectivity index is 1.91. The van der Waals surface area contributed by atoms with E-state index in [1.165, 1.54) is 10.7 Å². The van der Waals surface area contributed by atoms with Gasteiger partial charge in [0.05, 0.1) is 5.92 Å². The fraction of sp³-hybridized carbons (Fsp3) is 0.312. The molecule has 0 unspecified atom stereocenters. The third-order valence-electron chi connectivity index (χ3n) is 4.21. The molecule has 7 heteroatoms. The first kappa shape index (κ1) is 15.6. The highest BCUT2D eigenvalue weighted by atomic mass is 35.5. The highest BCUT2D eigenvalue weighted by Crippen LogP contribution is 2.35. The van der Waals surface area contributed by atoms with E-state index in [0.29, 0.717) is 23.9 Å². The number of carboxylic acids is 1. The summed E-state index contributed by atoms with van der Waals surface area (Å²) < 4.78 is 1.25. The minimum Gasteiger partial charge on any atom is -0.481 e. The molecule has 0 aliphatic carbocycles. The molecule has 1 N–H and O–H groups in total. The highest BCUT2D eigenvalue weighted by molar-refractivity contribution is 6.30. The van der Waals surface area contributed by atoms with Gasteiger partial charge in [0, 0.05) is 37.1 Å². The van der Waals surface area contributed by atoms with Gasteiger partial charge in [-0.25, -0.2) is 4.68 Å². The number of aromatic nitrogens is 2. The van der Waals surface area contributed by atoms with Crippen LogP contribution in [0.25, 0.3) is 0 Å².